The summed E-state index contributed by atoms with van der Waals surface area (Å²) in [4.78, 5) is 25.5. The van der Waals surface area contributed by atoms with E-state index < -0.39 is 6.10 Å². The molecule has 0 bridgehead atoms. The van der Waals surface area contributed by atoms with Crippen molar-refractivity contribution in [3.63, 3.8) is 0 Å². The molecule has 0 heterocycles. The van der Waals surface area contributed by atoms with Gasteiger partial charge in [-0.15, -0.1) is 0 Å². The molecule has 0 saturated heterocycles. The largest absolute Gasteiger partial charge is 0.462 e. The molecule has 0 radical (unpaired) electrons. The fraction of sp³-hybridized carbons (Fsp3) is 0.810. The highest BCUT2D eigenvalue weighted by molar-refractivity contribution is 5.70. The van der Waals surface area contributed by atoms with Crippen LogP contribution in [0.4, 0.5) is 0 Å². The zero-order chi connectivity index (χ0) is 49.2. The number of unbranched alkanes of at least 4 members (excludes halogenated alkanes) is 34. The maximum atomic E-state index is 12.9. The topological polar surface area (TPSA) is 61.8 Å². The number of ether oxygens (including phenoxy) is 3. The second kappa shape index (κ2) is 58.9. The number of hydrogen-bond donors (Lipinski definition) is 0. The maximum absolute atomic E-state index is 12.9. The standard InChI is InChI=1S/C63H114O5/c1-4-7-10-13-16-19-22-25-28-31-32-34-36-39-42-45-48-51-54-57-63(65)68-61(59-66-58-55-52-49-46-43-40-37-30-27-24-21-18-15-12-9-6-3)60-67-62(64)56-53-50-47-44-41-38-35-33-29-26-23-20-17-14-11-8-5-2/h8,11,17,20,26,29,35,38,44,47,61H,4-7,9-10,12-16,18-19,21-25,27-28,30-34,36-37,39-43,45-46,48-60H2,1-3H3/b11-8-,20-17-,29-26-,38-35-,47-44-/t61-/m1/s1. The molecule has 0 aliphatic heterocycles. The van der Waals surface area contributed by atoms with Crippen molar-refractivity contribution in [1.82, 2.24) is 0 Å². The van der Waals surface area contributed by atoms with Gasteiger partial charge in [0.15, 0.2) is 6.10 Å². The highest BCUT2D eigenvalue weighted by Crippen LogP contribution is 2.17. The van der Waals surface area contributed by atoms with Gasteiger partial charge in [-0.3, -0.25) is 9.59 Å². The minimum absolute atomic E-state index is 0.0599. The lowest BCUT2D eigenvalue weighted by Crippen LogP contribution is -2.30. The van der Waals surface area contributed by atoms with Crippen LogP contribution in [0.1, 0.15) is 303 Å². The van der Waals surface area contributed by atoms with E-state index >= 15 is 0 Å². The van der Waals surface area contributed by atoms with E-state index in [1.807, 2.05) is 0 Å². The molecular weight excluding hydrogens is 837 g/mol. The van der Waals surface area contributed by atoms with Gasteiger partial charge >= 0.3 is 11.9 Å². The second-order valence-corrected chi connectivity index (χ2v) is 19.9. The van der Waals surface area contributed by atoms with E-state index in [-0.39, 0.29) is 25.2 Å². The Bertz CT molecular complexity index is 1170. The van der Waals surface area contributed by atoms with Gasteiger partial charge in [0.2, 0.25) is 0 Å². The first-order valence-electron chi connectivity index (χ1n) is 29.8. The summed E-state index contributed by atoms with van der Waals surface area (Å²) in [5.41, 5.74) is 0. The molecular formula is C63H114O5. The zero-order valence-corrected chi connectivity index (χ0v) is 45.6. The molecule has 0 rings (SSSR count). The van der Waals surface area contributed by atoms with Crippen molar-refractivity contribution in [3.8, 4) is 0 Å². The lowest BCUT2D eigenvalue weighted by molar-refractivity contribution is -0.163. The van der Waals surface area contributed by atoms with Crippen molar-refractivity contribution in [2.45, 2.75) is 309 Å². The van der Waals surface area contributed by atoms with E-state index in [4.69, 9.17) is 14.2 Å². The average molecular weight is 952 g/mol. The minimum atomic E-state index is -0.557. The van der Waals surface area contributed by atoms with Gasteiger partial charge in [-0.05, 0) is 57.8 Å². The Morgan fingerprint density at radius 1 is 0.338 bits per heavy atom. The Labute approximate surface area is 424 Å². The van der Waals surface area contributed by atoms with E-state index in [9.17, 15) is 9.59 Å². The summed E-state index contributed by atoms with van der Waals surface area (Å²) in [6.07, 6.45) is 75.4. The normalized spacial score (nSPS) is 12.6. The van der Waals surface area contributed by atoms with Crippen LogP contribution in [0.5, 0.6) is 0 Å². The van der Waals surface area contributed by atoms with Crippen LogP contribution in [-0.4, -0.2) is 37.9 Å². The third kappa shape index (κ3) is 56.2. The van der Waals surface area contributed by atoms with E-state index in [0.717, 1.165) is 70.6 Å². The third-order valence-electron chi connectivity index (χ3n) is 13.1. The average Bonchev–Trinajstić information content (AvgIpc) is 3.34. The molecule has 396 valence electrons. The SMILES string of the molecule is CC/C=C\C/C=C\C/C=C\C/C=C\C/C=C\CCCC(=O)OC[C@@H](COCCCCCCCCCCCCCCCCCC)OC(=O)CCCCCCCCCCCCCCCCCCCCC. The first-order chi connectivity index (χ1) is 33.6. The van der Waals surface area contributed by atoms with Gasteiger partial charge in [-0.25, -0.2) is 0 Å². The Balaban J connectivity index is 4.31. The van der Waals surface area contributed by atoms with Crippen LogP contribution in [0, 0.1) is 0 Å². The number of carbonyl (C=O) groups excluding carboxylic acids is 2. The molecule has 68 heavy (non-hydrogen) atoms. The number of hydrogen-bond acceptors (Lipinski definition) is 5. The summed E-state index contributed by atoms with van der Waals surface area (Å²) >= 11 is 0. The first kappa shape index (κ1) is 65.6. The summed E-state index contributed by atoms with van der Waals surface area (Å²) in [5, 5.41) is 0. The van der Waals surface area contributed by atoms with E-state index in [1.54, 1.807) is 0 Å². The molecule has 0 aliphatic carbocycles. The van der Waals surface area contributed by atoms with E-state index in [2.05, 4.69) is 81.5 Å². The van der Waals surface area contributed by atoms with Gasteiger partial charge in [0.25, 0.3) is 0 Å². The highest BCUT2D eigenvalue weighted by atomic mass is 16.6. The fourth-order valence-electron chi connectivity index (χ4n) is 8.67. The van der Waals surface area contributed by atoms with E-state index in [1.165, 1.54) is 199 Å². The lowest BCUT2D eigenvalue weighted by atomic mass is 10.0. The molecule has 5 nitrogen and oxygen atoms in total. The van der Waals surface area contributed by atoms with Crippen molar-refractivity contribution >= 4 is 11.9 Å². The molecule has 5 heteroatoms. The summed E-state index contributed by atoms with van der Waals surface area (Å²) < 4.78 is 17.5. The lowest BCUT2D eigenvalue weighted by Gasteiger charge is -2.18. The molecule has 0 aromatic heterocycles. The molecule has 0 amide bonds. The molecule has 0 N–H and O–H groups in total. The quantitative estimate of drug-likeness (QED) is 0.0345. The monoisotopic (exact) mass is 951 g/mol. The van der Waals surface area contributed by atoms with Crippen LogP contribution >= 0.6 is 0 Å². The predicted octanol–water partition coefficient (Wildman–Crippen LogP) is 20.5. The summed E-state index contributed by atoms with van der Waals surface area (Å²) in [7, 11) is 0. The summed E-state index contributed by atoms with van der Waals surface area (Å²) in [5.74, 6) is -0.447. The molecule has 1 atom stereocenters. The van der Waals surface area contributed by atoms with Crippen LogP contribution in [0.25, 0.3) is 0 Å². The van der Waals surface area contributed by atoms with Crippen LogP contribution in [0.2, 0.25) is 0 Å². The number of esters is 2. The number of rotatable bonds is 55. The van der Waals surface area contributed by atoms with Gasteiger partial charge in [-0.1, -0.05) is 293 Å². The second-order valence-electron chi connectivity index (χ2n) is 19.9. The van der Waals surface area contributed by atoms with Crippen molar-refractivity contribution < 1.29 is 23.8 Å². The highest BCUT2D eigenvalue weighted by Gasteiger charge is 2.17. The summed E-state index contributed by atoms with van der Waals surface area (Å²) in [6, 6.07) is 0. The van der Waals surface area contributed by atoms with Crippen LogP contribution < -0.4 is 0 Å². The van der Waals surface area contributed by atoms with Crippen LogP contribution in [0.15, 0.2) is 60.8 Å². The third-order valence-corrected chi connectivity index (χ3v) is 13.1. The van der Waals surface area contributed by atoms with Gasteiger partial charge < -0.3 is 14.2 Å². The van der Waals surface area contributed by atoms with Crippen molar-refractivity contribution in [2.24, 2.45) is 0 Å². The van der Waals surface area contributed by atoms with Gasteiger partial charge in [-0.2, -0.15) is 0 Å². The zero-order valence-electron chi connectivity index (χ0n) is 45.6. The fourth-order valence-corrected chi connectivity index (χ4v) is 8.67. The first-order valence-corrected chi connectivity index (χ1v) is 29.8. The molecule has 0 spiro atoms. The van der Waals surface area contributed by atoms with E-state index in [0.29, 0.717) is 19.4 Å². The van der Waals surface area contributed by atoms with Gasteiger partial charge in [0.05, 0.1) is 6.61 Å². The molecule has 0 aromatic rings. The Morgan fingerprint density at radius 3 is 1.04 bits per heavy atom. The van der Waals surface area contributed by atoms with Crippen LogP contribution in [0.3, 0.4) is 0 Å². The predicted molar refractivity (Wildman–Crippen MR) is 298 cm³/mol. The molecule has 0 saturated carbocycles. The molecule has 0 aliphatic rings. The molecule has 0 fully saturated rings. The molecule has 0 unspecified atom stereocenters. The maximum Gasteiger partial charge on any atom is 0.306 e. The summed E-state index contributed by atoms with van der Waals surface area (Å²) in [6.45, 7) is 7.72. The Hall–Kier alpha value is -2.40. The smallest absolute Gasteiger partial charge is 0.306 e. The Morgan fingerprint density at radius 2 is 0.662 bits per heavy atom. The van der Waals surface area contributed by atoms with Crippen molar-refractivity contribution in [1.29, 1.82) is 0 Å². The molecule has 0 aromatic carbocycles. The van der Waals surface area contributed by atoms with Crippen LogP contribution in [-0.2, 0) is 23.8 Å². The van der Waals surface area contributed by atoms with Crippen molar-refractivity contribution in [3.05, 3.63) is 60.8 Å². The minimum Gasteiger partial charge on any atom is -0.462 e. The Kier molecular flexibility index (Phi) is 56.8. The van der Waals surface area contributed by atoms with Crippen molar-refractivity contribution in [2.75, 3.05) is 19.8 Å². The number of allylic oxidation sites excluding steroid dienone is 10. The van der Waals surface area contributed by atoms with Gasteiger partial charge in [0.1, 0.15) is 6.61 Å². The van der Waals surface area contributed by atoms with Gasteiger partial charge in [0, 0.05) is 19.4 Å². The number of carbonyl (C=O) groups is 2.